The number of Topliss-reactive ketones (excluding diaryl/α,β-unsaturated/α-hetero) is 1. The number of carbonyl (C=O) groups excluding carboxylic acids is 4. The zero-order chi connectivity index (χ0) is 20.4. The van der Waals surface area contributed by atoms with Crippen LogP contribution in [0.25, 0.3) is 10.3 Å². The van der Waals surface area contributed by atoms with Gasteiger partial charge in [0.05, 0.1) is 16.5 Å². The molecule has 3 fully saturated rings. The van der Waals surface area contributed by atoms with Crippen LogP contribution in [0.2, 0.25) is 0 Å². The van der Waals surface area contributed by atoms with E-state index in [-0.39, 0.29) is 11.7 Å². The lowest BCUT2D eigenvalue weighted by atomic mass is 9.78. The van der Waals surface area contributed by atoms with Gasteiger partial charge in [-0.15, -0.1) is 0 Å². The highest BCUT2D eigenvalue weighted by molar-refractivity contribution is 7.16. The molecule has 0 radical (unpaired) electrons. The Morgan fingerprint density at radius 1 is 1.17 bits per heavy atom. The van der Waals surface area contributed by atoms with Crippen molar-refractivity contribution >= 4 is 45.3 Å². The van der Waals surface area contributed by atoms with Crippen molar-refractivity contribution < 1.29 is 37.8 Å². The van der Waals surface area contributed by atoms with Gasteiger partial charge in [0, 0.05) is 24.8 Å². The van der Waals surface area contributed by atoms with Crippen LogP contribution in [-0.4, -0.2) is 35.9 Å². The van der Waals surface area contributed by atoms with E-state index >= 15 is 0 Å². The van der Waals surface area contributed by atoms with Crippen LogP contribution in [0.5, 0.6) is 5.75 Å². The Kier molecular flexibility index (Phi) is 3.89. The number of hydrogen-bond donors (Lipinski definition) is 0. The zero-order valence-corrected chi connectivity index (χ0v) is 15.8. The van der Waals surface area contributed by atoms with E-state index < -0.39 is 58.6 Å². The summed E-state index contributed by atoms with van der Waals surface area (Å²) in [4.78, 5) is 59.1. The normalized spacial score (nSPS) is 31.7. The van der Waals surface area contributed by atoms with Crippen LogP contribution >= 0.6 is 11.3 Å². The molecule has 150 valence electrons. The molecule has 29 heavy (non-hydrogen) atoms. The van der Waals surface area contributed by atoms with Gasteiger partial charge in [0.2, 0.25) is 5.78 Å². The third-order valence-electron chi connectivity index (χ3n) is 5.87. The summed E-state index contributed by atoms with van der Waals surface area (Å²) in [7, 11) is 0. The molecule has 3 aliphatic rings. The van der Waals surface area contributed by atoms with Crippen molar-refractivity contribution in [3.8, 4) is 5.75 Å². The Morgan fingerprint density at radius 2 is 1.97 bits per heavy atom. The molecular weight excluding hydrogens is 404 g/mol. The van der Waals surface area contributed by atoms with Crippen molar-refractivity contribution in [2.45, 2.75) is 25.6 Å². The number of fused-ring (bicyclic) bond motifs is 2. The van der Waals surface area contributed by atoms with Crippen molar-refractivity contribution in [1.82, 2.24) is 0 Å². The van der Waals surface area contributed by atoms with E-state index in [2.05, 4.69) is 0 Å². The van der Waals surface area contributed by atoms with Crippen LogP contribution in [0.15, 0.2) is 27.4 Å². The van der Waals surface area contributed by atoms with Crippen molar-refractivity contribution in [1.29, 1.82) is 0 Å². The summed E-state index contributed by atoms with van der Waals surface area (Å²) in [5.74, 6) is -5.02. The second-order valence-corrected chi connectivity index (χ2v) is 8.40. The summed E-state index contributed by atoms with van der Waals surface area (Å²) in [6.45, 7) is 1.09. The predicted molar refractivity (Wildman–Crippen MR) is 95.0 cm³/mol. The van der Waals surface area contributed by atoms with Gasteiger partial charge in [0.15, 0.2) is 5.58 Å². The fourth-order valence-electron chi connectivity index (χ4n) is 4.78. The minimum Gasteiger partial charge on any atom is -0.458 e. The molecule has 0 N–H and O–H groups in total. The minimum atomic E-state index is -1.02. The second kappa shape index (κ2) is 6.24. The van der Waals surface area contributed by atoms with E-state index in [0.717, 1.165) is 18.3 Å². The highest BCUT2D eigenvalue weighted by atomic mass is 32.1. The Morgan fingerprint density at radius 3 is 2.72 bits per heavy atom. The molecule has 0 spiro atoms. The summed E-state index contributed by atoms with van der Waals surface area (Å²) in [5, 5.41) is 0. The number of hydrogen-bond acceptors (Lipinski definition) is 10. The maximum absolute atomic E-state index is 12.9. The van der Waals surface area contributed by atoms with E-state index in [1.165, 1.54) is 12.1 Å². The Balaban J connectivity index is 1.41. The fourth-order valence-corrected chi connectivity index (χ4v) is 5.42. The molecule has 2 aromatic rings. The summed E-state index contributed by atoms with van der Waals surface area (Å²) in [6, 6.07) is 4.56. The molecule has 9 nitrogen and oxygen atoms in total. The standard InChI is InChI=1S/C19H14O9S/c1-6(20)16(21)27-14-8-5-9-13(18(23)28-15(9)14)12(8)17(22)25-7-2-3-11-10(4-7)26-19(24)29-11/h2-4,8-9,12-15H,5H2,1H3. The van der Waals surface area contributed by atoms with Crippen molar-refractivity contribution in [3.63, 3.8) is 0 Å². The molecule has 2 heterocycles. The monoisotopic (exact) mass is 418 g/mol. The van der Waals surface area contributed by atoms with E-state index in [0.29, 0.717) is 16.7 Å². The maximum atomic E-state index is 12.9. The average Bonchev–Trinajstić information content (AvgIpc) is 3.36. The Bertz CT molecular complexity index is 1130. The Labute approximate surface area is 166 Å². The van der Waals surface area contributed by atoms with Crippen molar-refractivity contribution in [3.05, 3.63) is 27.9 Å². The first-order chi connectivity index (χ1) is 13.8. The fraction of sp³-hybridized carbons (Fsp3) is 0.421. The van der Waals surface area contributed by atoms with Crippen LogP contribution in [-0.2, 0) is 28.7 Å². The molecule has 2 aliphatic carbocycles. The lowest BCUT2D eigenvalue weighted by Crippen LogP contribution is -2.44. The highest BCUT2D eigenvalue weighted by Gasteiger charge is 2.70. The van der Waals surface area contributed by atoms with Gasteiger partial charge in [-0.2, -0.15) is 0 Å². The van der Waals surface area contributed by atoms with Gasteiger partial charge in [-0.3, -0.25) is 14.4 Å². The third-order valence-corrected chi connectivity index (χ3v) is 6.68. The number of carbonyl (C=O) groups is 4. The molecule has 2 saturated carbocycles. The van der Waals surface area contributed by atoms with E-state index in [9.17, 15) is 24.0 Å². The second-order valence-electron chi connectivity index (χ2n) is 7.43. The SMILES string of the molecule is CC(=O)C(=O)OC1C2CC3C1OC(=O)C3C2C(=O)Oc1ccc2sc(=O)oc2c1. The van der Waals surface area contributed by atoms with Gasteiger partial charge in [-0.25, -0.2) is 9.59 Å². The van der Waals surface area contributed by atoms with Gasteiger partial charge in [0.25, 0.3) is 0 Å². The summed E-state index contributed by atoms with van der Waals surface area (Å²) in [6.07, 6.45) is -1.02. The lowest BCUT2D eigenvalue weighted by molar-refractivity contribution is -0.167. The van der Waals surface area contributed by atoms with Crippen LogP contribution < -0.4 is 9.68 Å². The number of ketones is 1. The average molecular weight is 418 g/mol. The smallest absolute Gasteiger partial charge is 0.396 e. The van der Waals surface area contributed by atoms with Crippen LogP contribution in [0.4, 0.5) is 0 Å². The molecule has 1 aromatic carbocycles. The maximum Gasteiger partial charge on any atom is 0.396 e. The Hall–Kier alpha value is -3.01. The molecule has 5 rings (SSSR count). The zero-order valence-electron chi connectivity index (χ0n) is 15.0. The van der Waals surface area contributed by atoms with Crippen LogP contribution in [0.1, 0.15) is 13.3 Å². The van der Waals surface area contributed by atoms with Gasteiger partial charge >= 0.3 is 22.8 Å². The molecule has 0 amide bonds. The number of benzene rings is 1. The first-order valence-corrected chi connectivity index (χ1v) is 9.82. The van der Waals surface area contributed by atoms with E-state index in [1.54, 1.807) is 6.07 Å². The summed E-state index contributed by atoms with van der Waals surface area (Å²) >= 11 is 0.933. The molecule has 6 unspecified atom stereocenters. The van der Waals surface area contributed by atoms with Crippen LogP contribution in [0, 0.1) is 23.7 Å². The molecule has 1 saturated heterocycles. The van der Waals surface area contributed by atoms with Gasteiger partial charge in [0.1, 0.15) is 18.0 Å². The van der Waals surface area contributed by atoms with Gasteiger partial charge < -0.3 is 18.6 Å². The number of esters is 3. The molecule has 1 aliphatic heterocycles. The topological polar surface area (TPSA) is 126 Å². The molecule has 6 atom stereocenters. The quantitative estimate of drug-likeness (QED) is 0.407. The number of ether oxygens (including phenoxy) is 3. The lowest BCUT2D eigenvalue weighted by Gasteiger charge is -2.29. The number of rotatable bonds is 4. The largest absolute Gasteiger partial charge is 0.458 e. The van der Waals surface area contributed by atoms with Gasteiger partial charge in [-0.1, -0.05) is 11.3 Å². The summed E-state index contributed by atoms with van der Waals surface area (Å²) < 4.78 is 21.7. The molecule has 1 aromatic heterocycles. The molecular formula is C19H14O9S. The first-order valence-electron chi connectivity index (χ1n) is 9.01. The third kappa shape index (κ3) is 2.70. The van der Waals surface area contributed by atoms with Crippen LogP contribution in [0.3, 0.4) is 0 Å². The van der Waals surface area contributed by atoms with Crippen molar-refractivity contribution in [2.24, 2.45) is 23.7 Å². The first kappa shape index (κ1) is 18.0. The van der Waals surface area contributed by atoms with Gasteiger partial charge in [-0.05, 0) is 18.6 Å². The minimum absolute atomic E-state index is 0.173. The summed E-state index contributed by atoms with van der Waals surface area (Å²) in [5.41, 5.74) is 0.298. The van der Waals surface area contributed by atoms with Crippen molar-refractivity contribution in [2.75, 3.05) is 0 Å². The van der Waals surface area contributed by atoms with E-state index in [4.69, 9.17) is 18.6 Å². The molecule has 10 heteroatoms. The molecule has 2 bridgehead atoms. The predicted octanol–water partition coefficient (Wildman–Crippen LogP) is 1.07. The highest BCUT2D eigenvalue weighted by Crippen LogP contribution is 2.59. The van der Waals surface area contributed by atoms with E-state index in [1.807, 2.05) is 0 Å².